The second kappa shape index (κ2) is 6.67. The predicted octanol–water partition coefficient (Wildman–Crippen LogP) is 3.40. The lowest BCUT2D eigenvalue weighted by Gasteiger charge is -2.29. The second-order valence-electron chi connectivity index (χ2n) is 6.12. The highest BCUT2D eigenvalue weighted by Gasteiger charge is 2.22. The quantitative estimate of drug-likeness (QED) is 0.903. The fourth-order valence-corrected chi connectivity index (χ4v) is 3.24. The van der Waals surface area contributed by atoms with Crippen LogP contribution < -0.4 is 15.2 Å². The van der Waals surface area contributed by atoms with Gasteiger partial charge >= 0.3 is 0 Å². The van der Waals surface area contributed by atoms with Gasteiger partial charge in [0.25, 0.3) is 0 Å². The third-order valence-corrected chi connectivity index (χ3v) is 4.65. The van der Waals surface area contributed by atoms with Crippen molar-refractivity contribution in [1.82, 2.24) is 0 Å². The van der Waals surface area contributed by atoms with Crippen LogP contribution in [0.15, 0.2) is 18.2 Å². The molecule has 1 saturated carbocycles. The topological polar surface area (TPSA) is 53.7 Å². The Morgan fingerprint density at radius 3 is 3.00 bits per heavy atom. The van der Waals surface area contributed by atoms with E-state index in [1.807, 2.05) is 18.2 Å². The summed E-state index contributed by atoms with van der Waals surface area (Å²) in [6.45, 7) is 3.14. The smallest absolute Gasteiger partial charge is 0.231 e. The number of ether oxygens (including phenoxy) is 3. The van der Waals surface area contributed by atoms with Gasteiger partial charge in [-0.05, 0) is 36.5 Å². The van der Waals surface area contributed by atoms with Crippen LogP contribution in [-0.4, -0.2) is 19.5 Å². The first-order chi connectivity index (χ1) is 10.3. The molecule has 1 aliphatic heterocycles. The maximum absolute atomic E-state index is 6.25. The molecule has 21 heavy (non-hydrogen) atoms. The molecule has 0 aromatic heterocycles. The Balaban J connectivity index is 1.53. The van der Waals surface area contributed by atoms with E-state index in [0.717, 1.165) is 23.0 Å². The minimum atomic E-state index is -0.110. The van der Waals surface area contributed by atoms with Gasteiger partial charge in [-0.1, -0.05) is 32.3 Å². The van der Waals surface area contributed by atoms with Crippen LogP contribution >= 0.6 is 0 Å². The van der Waals surface area contributed by atoms with E-state index in [2.05, 4.69) is 6.92 Å². The number of nitrogens with two attached hydrogens (primary N) is 1. The highest BCUT2D eigenvalue weighted by atomic mass is 16.7. The van der Waals surface area contributed by atoms with Crippen LogP contribution in [-0.2, 0) is 4.74 Å². The van der Waals surface area contributed by atoms with Crippen LogP contribution in [0.25, 0.3) is 0 Å². The Kier molecular flexibility index (Phi) is 4.66. The van der Waals surface area contributed by atoms with Gasteiger partial charge in [-0.2, -0.15) is 0 Å². The molecule has 4 nitrogen and oxygen atoms in total. The molecule has 3 rings (SSSR count). The Bertz CT molecular complexity index is 477. The summed E-state index contributed by atoms with van der Waals surface area (Å²) in [5.74, 6) is 2.40. The van der Waals surface area contributed by atoms with Crippen LogP contribution in [0.5, 0.6) is 11.5 Å². The molecule has 0 saturated heterocycles. The zero-order valence-electron chi connectivity index (χ0n) is 12.7. The lowest BCUT2D eigenvalue weighted by molar-refractivity contribution is 0.00560. The first-order valence-electron chi connectivity index (χ1n) is 8.03. The fourth-order valence-electron chi connectivity index (χ4n) is 3.24. The number of hydrogen-bond acceptors (Lipinski definition) is 4. The van der Waals surface area contributed by atoms with Gasteiger partial charge in [0.05, 0.1) is 18.8 Å². The highest BCUT2D eigenvalue weighted by Crippen LogP contribution is 2.34. The van der Waals surface area contributed by atoms with Gasteiger partial charge < -0.3 is 19.9 Å². The average molecular weight is 291 g/mol. The van der Waals surface area contributed by atoms with Gasteiger partial charge in [0.15, 0.2) is 11.5 Å². The average Bonchev–Trinajstić information content (AvgIpc) is 3.00. The normalized spacial score (nSPS) is 25.8. The molecule has 0 radical (unpaired) electrons. The summed E-state index contributed by atoms with van der Waals surface area (Å²) >= 11 is 0. The van der Waals surface area contributed by atoms with E-state index in [9.17, 15) is 0 Å². The summed E-state index contributed by atoms with van der Waals surface area (Å²) in [5, 5.41) is 0. The zero-order chi connectivity index (χ0) is 14.7. The molecule has 1 heterocycles. The highest BCUT2D eigenvalue weighted by molar-refractivity contribution is 5.45. The van der Waals surface area contributed by atoms with Gasteiger partial charge in [0.2, 0.25) is 6.79 Å². The summed E-state index contributed by atoms with van der Waals surface area (Å²) in [5.41, 5.74) is 7.30. The van der Waals surface area contributed by atoms with Crippen LogP contribution in [0.3, 0.4) is 0 Å². The summed E-state index contributed by atoms with van der Waals surface area (Å²) in [7, 11) is 0. The SMILES string of the molecule is CCC1CCCC(OCC(N)c2ccc3c(c2)OCO3)C1. The van der Waals surface area contributed by atoms with E-state index in [0.29, 0.717) is 19.5 Å². The monoisotopic (exact) mass is 291 g/mol. The molecule has 2 N–H and O–H groups in total. The molecule has 0 bridgehead atoms. The standard InChI is InChI=1S/C17H25NO3/c1-2-12-4-3-5-14(8-12)19-10-15(18)13-6-7-16-17(9-13)21-11-20-16/h6-7,9,12,14-15H,2-5,8,10-11,18H2,1H3. The van der Waals surface area contributed by atoms with Crippen molar-refractivity contribution in [3.8, 4) is 11.5 Å². The van der Waals surface area contributed by atoms with E-state index < -0.39 is 0 Å². The van der Waals surface area contributed by atoms with Crippen molar-refractivity contribution in [1.29, 1.82) is 0 Å². The molecule has 1 aromatic rings. The third-order valence-electron chi connectivity index (χ3n) is 4.65. The second-order valence-corrected chi connectivity index (χ2v) is 6.12. The summed E-state index contributed by atoms with van der Waals surface area (Å²) in [6.07, 6.45) is 6.62. The molecule has 1 aliphatic carbocycles. The molecule has 4 heteroatoms. The Hall–Kier alpha value is -1.26. The Labute approximate surface area is 126 Å². The van der Waals surface area contributed by atoms with E-state index in [1.54, 1.807) is 0 Å². The lowest BCUT2D eigenvalue weighted by atomic mass is 9.85. The fraction of sp³-hybridized carbons (Fsp3) is 0.647. The van der Waals surface area contributed by atoms with Crippen molar-refractivity contribution in [2.75, 3.05) is 13.4 Å². The zero-order valence-corrected chi connectivity index (χ0v) is 12.7. The summed E-state index contributed by atoms with van der Waals surface area (Å²) in [6, 6.07) is 5.77. The van der Waals surface area contributed by atoms with Crippen molar-refractivity contribution in [2.24, 2.45) is 11.7 Å². The van der Waals surface area contributed by atoms with Gasteiger partial charge in [0.1, 0.15) is 0 Å². The van der Waals surface area contributed by atoms with Crippen molar-refractivity contribution >= 4 is 0 Å². The van der Waals surface area contributed by atoms with Gasteiger partial charge in [-0.15, -0.1) is 0 Å². The molecule has 116 valence electrons. The summed E-state index contributed by atoms with van der Waals surface area (Å²) in [4.78, 5) is 0. The molecule has 1 aromatic carbocycles. The number of fused-ring (bicyclic) bond motifs is 1. The van der Waals surface area contributed by atoms with E-state index in [-0.39, 0.29) is 6.04 Å². The summed E-state index contributed by atoms with van der Waals surface area (Å²) < 4.78 is 16.8. The maximum Gasteiger partial charge on any atom is 0.231 e. The van der Waals surface area contributed by atoms with Crippen molar-refractivity contribution in [3.05, 3.63) is 23.8 Å². The van der Waals surface area contributed by atoms with E-state index >= 15 is 0 Å². The molecule has 0 amide bonds. The first kappa shape index (κ1) is 14.7. The van der Waals surface area contributed by atoms with Crippen molar-refractivity contribution in [2.45, 2.75) is 51.2 Å². The molecule has 0 spiro atoms. The van der Waals surface area contributed by atoms with E-state index in [4.69, 9.17) is 19.9 Å². The molecular weight excluding hydrogens is 266 g/mol. The van der Waals surface area contributed by atoms with Crippen LogP contribution in [0, 0.1) is 5.92 Å². The van der Waals surface area contributed by atoms with Gasteiger partial charge in [-0.25, -0.2) is 0 Å². The minimum absolute atomic E-state index is 0.110. The number of hydrogen-bond donors (Lipinski definition) is 1. The molecular formula is C17H25NO3. The number of rotatable bonds is 5. The lowest BCUT2D eigenvalue weighted by Crippen LogP contribution is -2.26. The molecule has 3 unspecified atom stereocenters. The number of benzene rings is 1. The van der Waals surface area contributed by atoms with Crippen molar-refractivity contribution < 1.29 is 14.2 Å². The third kappa shape index (κ3) is 3.50. The molecule has 2 aliphatic rings. The first-order valence-corrected chi connectivity index (χ1v) is 8.03. The van der Waals surface area contributed by atoms with Crippen molar-refractivity contribution in [3.63, 3.8) is 0 Å². The Morgan fingerprint density at radius 1 is 1.29 bits per heavy atom. The van der Waals surface area contributed by atoms with Crippen LogP contribution in [0.1, 0.15) is 50.6 Å². The molecule has 3 atom stereocenters. The minimum Gasteiger partial charge on any atom is -0.454 e. The van der Waals surface area contributed by atoms with E-state index in [1.165, 1.54) is 32.1 Å². The largest absolute Gasteiger partial charge is 0.454 e. The predicted molar refractivity (Wildman–Crippen MR) is 81.5 cm³/mol. The van der Waals surface area contributed by atoms with Crippen LogP contribution in [0.2, 0.25) is 0 Å². The van der Waals surface area contributed by atoms with Gasteiger partial charge in [-0.3, -0.25) is 0 Å². The van der Waals surface area contributed by atoms with Gasteiger partial charge in [0, 0.05) is 0 Å². The maximum atomic E-state index is 6.25. The molecule has 1 fully saturated rings. The van der Waals surface area contributed by atoms with Crippen LogP contribution in [0.4, 0.5) is 0 Å². The Morgan fingerprint density at radius 2 is 2.14 bits per heavy atom.